The van der Waals surface area contributed by atoms with Gasteiger partial charge in [0.2, 0.25) is 0 Å². The fourth-order valence-electron chi connectivity index (χ4n) is 0.805. The van der Waals surface area contributed by atoms with Gasteiger partial charge in [-0.15, -0.1) is 0 Å². The molecule has 1 atom stereocenters. The number of nitrogens with one attached hydrogen (secondary N) is 2. The highest BCUT2D eigenvalue weighted by molar-refractivity contribution is 5.74. The van der Waals surface area contributed by atoms with E-state index in [1.54, 1.807) is 0 Å². The van der Waals surface area contributed by atoms with Crippen molar-refractivity contribution in [3.63, 3.8) is 0 Å². The third-order valence-corrected chi connectivity index (χ3v) is 1.33. The van der Waals surface area contributed by atoms with Crippen molar-refractivity contribution < 1.29 is 9.90 Å². The van der Waals surface area contributed by atoms with E-state index in [1.807, 2.05) is 0 Å². The van der Waals surface area contributed by atoms with Crippen LogP contribution < -0.4 is 10.6 Å². The Morgan fingerprint density at radius 1 is 1.78 bits per heavy atom. The number of rotatable bonds is 1. The van der Waals surface area contributed by atoms with E-state index >= 15 is 0 Å². The van der Waals surface area contributed by atoms with Crippen molar-refractivity contribution in [1.82, 2.24) is 10.6 Å². The van der Waals surface area contributed by atoms with E-state index < -0.39 is 0 Å². The Balaban J connectivity index is 2.32. The van der Waals surface area contributed by atoms with Gasteiger partial charge in [-0.05, 0) is 6.42 Å². The maximum Gasteiger partial charge on any atom is 0.315 e. The lowest BCUT2D eigenvalue weighted by atomic mass is 10.2. The van der Waals surface area contributed by atoms with Gasteiger partial charge in [0.25, 0.3) is 0 Å². The Morgan fingerprint density at radius 2 is 2.56 bits per heavy atom. The number of carbonyl (C=O) groups is 1. The summed E-state index contributed by atoms with van der Waals surface area (Å²) >= 11 is 0. The molecule has 0 spiro atoms. The van der Waals surface area contributed by atoms with E-state index in [0.29, 0.717) is 6.54 Å². The van der Waals surface area contributed by atoms with Gasteiger partial charge in [-0.2, -0.15) is 0 Å². The van der Waals surface area contributed by atoms with Crippen molar-refractivity contribution in [2.45, 2.75) is 12.5 Å². The van der Waals surface area contributed by atoms with Gasteiger partial charge in [-0.3, -0.25) is 0 Å². The Hall–Kier alpha value is -0.770. The van der Waals surface area contributed by atoms with Gasteiger partial charge in [0.05, 0.1) is 12.6 Å². The minimum atomic E-state index is -0.180. The third-order valence-electron chi connectivity index (χ3n) is 1.33. The zero-order chi connectivity index (χ0) is 6.69. The second-order valence-electron chi connectivity index (χ2n) is 2.07. The number of hydrogen-bond donors (Lipinski definition) is 3. The topological polar surface area (TPSA) is 61.4 Å². The summed E-state index contributed by atoms with van der Waals surface area (Å²) in [5.74, 6) is 0. The quantitative estimate of drug-likeness (QED) is 0.428. The van der Waals surface area contributed by atoms with Gasteiger partial charge in [0.15, 0.2) is 0 Å². The third kappa shape index (κ3) is 1.57. The highest BCUT2D eigenvalue weighted by Gasteiger charge is 2.15. The first-order chi connectivity index (χ1) is 4.33. The number of aliphatic hydroxyl groups is 1. The van der Waals surface area contributed by atoms with Crippen LogP contribution in [0.3, 0.4) is 0 Å². The van der Waals surface area contributed by atoms with Crippen LogP contribution in [-0.4, -0.2) is 30.3 Å². The standard InChI is InChI=1S/C5H10N2O2/c8-3-4-1-2-6-5(9)7-4/h4,8H,1-3H2,(H2,6,7,9). The molecule has 0 aliphatic carbocycles. The molecule has 0 aromatic carbocycles. The zero-order valence-electron chi connectivity index (χ0n) is 5.05. The molecular formula is C5H10N2O2. The van der Waals surface area contributed by atoms with Crippen molar-refractivity contribution in [1.29, 1.82) is 0 Å². The van der Waals surface area contributed by atoms with Crippen molar-refractivity contribution in [2.24, 2.45) is 0 Å². The second kappa shape index (κ2) is 2.68. The average molecular weight is 130 g/mol. The first-order valence-corrected chi connectivity index (χ1v) is 2.98. The van der Waals surface area contributed by atoms with Crippen LogP contribution in [0.4, 0.5) is 4.79 Å². The van der Waals surface area contributed by atoms with Gasteiger partial charge in [0, 0.05) is 6.54 Å². The van der Waals surface area contributed by atoms with Gasteiger partial charge >= 0.3 is 6.03 Å². The lowest BCUT2D eigenvalue weighted by molar-refractivity contribution is 0.200. The average Bonchev–Trinajstić information content (AvgIpc) is 1.88. The summed E-state index contributed by atoms with van der Waals surface area (Å²) in [5.41, 5.74) is 0. The molecule has 0 aromatic rings. The van der Waals surface area contributed by atoms with E-state index in [4.69, 9.17) is 5.11 Å². The Labute approximate surface area is 53.2 Å². The van der Waals surface area contributed by atoms with Crippen molar-refractivity contribution >= 4 is 6.03 Å². The van der Waals surface area contributed by atoms with Crippen LogP contribution in [0.1, 0.15) is 6.42 Å². The van der Waals surface area contributed by atoms with Crippen LogP contribution in [0.2, 0.25) is 0 Å². The summed E-state index contributed by atoms with van der Waals surface area (Å²) in [6.07, 6.45) is 0.808. The SMILES string of the molecule is O=C1NCCC(CO)N1. The largest absolute Gasteiger partial charge is 0.394 e. The van der Waals surface area contributed by atoms with Crippen LogP contribution >= 0.6 is 0 Å². The number of amides is 2. The molecule has 1 heterocycles. The lowest BCUT2D eigenvalue weighted by Gasteiger charge is -2.21. The molecule has 0 saturated carbocycles. The number of urea groups is 1. The van der Waals surface area contributed by atoms with E-state index in [0.717, 1.165) is 6.42 Å². The van der Waals surface area contributed by atoms with Crippen molar-refractivity contribution in [3.8, 4) is 0 Å². The predicted octanol–water partition coefficient (Wildman–Crippen LogP) is -0.950. The fourth-order valence-corrected chi connectivity index (χ4v) is 0.805. The molecule has 1 unspecified atom stereocenters. The maximum absolute atomic E-state index is 10.5. The van der Waals surface area contributed by atoms with Crippen LogP contribution in [0, 0.1) is 0 Å². The van der Waals surface area contributed by atoms with Crippen LogP contribution in [0.25, 0.3) is 0 Å². The van der Waals surface area contributed by atoms with Crippen molar-refractivity contribution in [3.05, 3.63) is 0 Å². The molecule has 2 amide bonds. The molecule has 1 aliphatic heterocycles. The minimum absolute atomic E-state index is 0.0351. The highest BCUT2D eigenvalue weighted by atomic mass is 16.3. The molecule has 52 valence electrons. The molecule has 0 bridgehead atoms. The van der Waals surface area contributed by atoms with E-state index in [1.165, 1.54) is 0 Å². The smallest absolute Gasteiger partial charge is 0.315 e. The first kappa shape index (κ1) is 6.35. The van der Waals surface area contributed by atoms with E-state index in [9.17, 15) is 4.79 Å². The summed E-state index contributed by atoms with van der Waals surface area (Å²) in [6.45, 7) is 0.699. The molecule has 4 nitrogen and oxygen atoms in total. The van der Waals surface area contributed by atoms with Crippen LogP contribution in [-0.2, 0) is 0 Å². The summed E-state index contributed by atoms with van der Waals surface area (Å²) in [6, 6.07) is -0.223. The van der Waals surface area contributed by atoms with Gasteiger partial charge in [-0.25, -0.2) is 4.79 Å². The lowest BCUT2D eigenvalue weighted by Crippen LogP contribution is -2.50. The Bertz CT molecular complexity index is 116. The van der Waals surface area contributed by atoms with Gasteiger partial charge in [0.1, 0.15) is 0 Å². The monoisotopic (exact) mass is 130 g/mol. The molecule has 1 aliphatic rings. The number of carbonyl (C=O) groups excluding carboxylic acids is 1. The van der Waals surface area contributed by atoms with E-state index in [2.05, 4.69) is 10.6 Å². The molecule has 4 heteroatoms. The number of hydrogen-bond acceptors (Lipinski definition) is 2. The molecule has 3 N–H and O–H groups in total. The Kier molecular flexibility index (Phi) is 1.89. The molecule has 1 rings (SSSR count). The zero-order valence-corrected chi connectivity index (χ0v) is 5.05. The van der Waals surface area contributed by atoms with Gasteiger partial charge in [-0.1, -0.05) is 0 Å². The second-order valence-corrected chi connectivity index (χ2v) is 2.07. The fraction of sp³-hybridized carbons (Fsp3) is 0.800. The molecule has 1 saturated heterocycles. The molecular weight excluding hydrogens is 120 g/mol. The molecule has 9 heavy (non-hydrogen) atoms. The first-order valence-electron chi connectivity index (χ1n) is 2.98. The van der Waals surface area contributed by atoms with Gasteiger partial charge < -0.3 is 15.7 Å². The van der Waals surface area contributed by atoms with Crippen molar-refractivity contribution in [2.75, 3.05) is 13.2 Å². The predicted molar refractivity (Wildman–Crippen MR) is 32.0 cm³/mol. The maximum atomic E-state index is 10.5. The molecule has 0 radical (unpaired) electrons. The minimum Gasteiger partial charge on any atom is -0.394 e. The number of aliphatic hydroxyl groups excluding tert-OH is 1. The Morgan fingerprint density at radius 3 is 3.00 bits per heavy atom. The summed E-state index contributed by atoms with van der Waals surface area (Å²) < 4.78 is 0. The highest BCUT2D eigenvalue weighted by Crippen LogP contribution is 1.93. The summed E-state index contributed by atoms with van der Waals surface area (Å²) in [4.78, 5) is 10.5. The van der Waals surface area contributed by atoms with Crippen LogP contribution in [0.5, 0.6) is 0 Å². The summed E-state index contributed by atoms with van der Waals surface area (Å²) in [7, 11) is 0. The normalized spacial score (nSPS) is 26.8. The summed E-state index contributed by atoms with van der Waals surface area (Å²) in [5, 5.41) is 13.7. The molecule has 0 aromatic heterocycles. The molecule has 1 fully saturated rings. The van der Waals surface area contributed by atoms with Crippen LogP contribution in [0.15, 0.2) is 0 Å². The van der Waals surface area contributed by atoms with E-state index in [-0.39, 0.29) is 18.7 Å².